The number of nitrogens with one attached hydrogen (secondary N) is 1. The quantitative estimate of drug-likeness (QED) is 0.853. The van der Waals surface area contributed by atoms with Crippen LogP contribution in [0, 0.1) is 0 Å². The van der Waals surface area contributed by atoms with Crippen LogP contribution in [0.15, 0.2) is 23.1 Å². The van der Waals surface area contributed by atoms with Crippen molar-refractivity contribution < 1.29 is 14.6 Å². The fraction of sp³-hybridized carbons (Fsp3) is 0.538. The number of aliphatic hydroxyl groups excluding tert-OH is 1. The van der Waals surface area contributed by atoms with Gasteiger partial charge in [0, 0.05) is 25.9 Å². The SMILES string of the molecule is CCn1cc(NC(=O)C2CC(OC)C(O)S2)ccc1=O. The summed E-state index contributed by atoms with van der Waals surface area (Å²) in [5.74, 6) is -0.185. The average molecular weight is 298 g/mol. The zero-order valence-electron chi connectivity index (χ0n) is 11.4. The number of anilines is 1. The number of methoxy groups -OCH3 is 1. The third-order valence-electron chi connectivity index (χ3n) is 3.26. The van der Waals surface area contributed by atoms with E-state index in [9.17, 15) is 14.7 Å². The van der Waals surface area contributed by atoms with Crippen LogP contribution in [0.5, 0.6) is 0 Å². The molecule has 1 aromatic rings. The molecule has 3 atom stereocenters. The monoisotopic (exact) mass is 298 g/mol. The molecule has 1 fully saturated rings. The summed E-state index contributed by atoms with van der Waals surface area (Å²) in [6.45, 7) is 2.41. The molecule has 2 heterocycles. The van der Waals surface area contributed by atoms with Crippen LogP contribution < -0.4 is 10.9 Å². The molecule has 20 heavy (non-hydrogen) atoms. The van der Waals surface area contributed by atoms with Crippen LogP contribution in [0.1, 0.15) is 13.3 Å². The number of amides is 1. The molecular weight excluding hydrogens is 280 g/mol. The molecule has 1 saturated heterocycles. The van der Waals surface area contributed by atoms with Crippen LogP contribution in [0.25, 0.3) is 0 Å². The van der Waals surface area contributed by atoms with Crippen molar-refractivity contribution >= 4 is 23.4 Å². The van der Waals surface area contributed by atoms with E-state index in [0.29, 0.717) is 18.7 Å². The zero-order valence-corrected chi connectivity index (χ0v) is 12.2. The van der Waals surface area contributed by atoms with Gasteiger partial charge in [-0.05, 0) is 19.4 Å². The maximum atomic E-state index is 12.1. The molecule has 0 bridgehead atoms. The van der Waals surface area contributed by atoms with E-state index in [1.807, 2.05) is 6.92 Å². The van der Waals surface area contributed by atoms with Crippen molar-refractivity contribution in [2.24, 2.45) is 0 Å². The number of aliphatic hydroxyl groups is 1. The second-order valence-electron chi connectivity index (χ2n) is 4.56. The molecule has 3 unspecified atom stereocenters. The van der Waals surface area contributed by atoms with Gasteiger partial charge in [0.1, 0.15) is 5.44 Å². The number of pyridine rings is 1. The van der Waals surface area contributed by atoms with Crippen molar-refractivity contribution in [1.29, 1.82) is 0 Å². The zero-order chi connectivity index (χ0) is 14.7. The second kappa shape index (κ2) is 6.43. The van der Waals surface area contributed by atoms with E-state index >= 15 is 0 Å². The number of aromatic nitrogens is 1. The first kappa shape index (κ1) is 15.1. The smallest absolute Gasteiger partial charge is 0.250 e. The summed E-state index contributed by atoms with van der Waals surface area (Å²) in [6, 6.07) is 3.00. The Bertz CT molecular complexity index is 545. The Hall–Kier alpha value is -1.31. The van der Waals surface area contributed by atoms with Gasteiger partial charge in [-0.25, -0.2) is 0 Å². The number of carbonyl (C=O) groups is 1. The molecule has 1 aromatic heterocycles. The van der Waals surface area contributed by atoms with Crippen molar-refractivity contribution in [3.05, 3.63) is 28.7 Å². The molecule has 0 spiro atoms. The second-order valence-corrected chi connectivity index (χ2v) is 5.88. The first-order chi connectivity index (χ1) is 9.55. The van der Waals surface area contributed by atoms with Gasteiger partial charge >= 0.3 is 0 Å². The van der Waals surface area contributed by atoms with Crippen LogP contribution in [-0.4, -0.2) is 39.5 Å². The van der Waals surface area contributed by atoms with Gasteiger partial charge in [-0.2, -0.15) is 0 Å². The molecular formula is C13H18N2O4S. The lowest BCUT2D eigenvalue weighted by atomic mass is 10.2. The van der Waals surface area contributed by atoms with E-state index < -0.39 is 5.44 Å². The minimum Gasteiger partial charge on any atom is -0.380 e. The molecule has 0 radical (unpaired) electrons. The third-order valence-corrected chi connectivity index (χ3v) is 4.57. The fourth-order valence-corrected chi connectivity index (χ4v) is 3.31. The topological polar surface area (TPSA) is 80.6 Å². The summed E-state index contributed by atoms with van der Waals surface area (Å²) in [4.78, 5) is 23.6. The highest BCUT2D eigenvalue weighted by Gasteiger charge is 2.37. The van der Waals surface area contributed by atoms with E-state index in [2.05, 4.69) is 5.32 Å². The minimum atomic E-state index is -0.680. The van der Waals surface area contributed by atoms with Crippen LogP contribution in [0.3, 0.4) is 0 Å². The number of carbonyl (C=O) groups excluding carboxylic acids is 1. The maximum Gasteiger partial charge on any atom is 0.250 e. The van der Waals surface area contributed by atoms with Crippen molar-refractivity contribution in [3.63, 3.8) is 0 Å². The average Bonchev–Trinajstić information content (AvgIpc) is 2.82. The Labute approximate surface area is 121 Å². The standard InChI is InChI=1S/C13H18N2O4S/c1-3-15-7-8(4-5-11(15)16)14-12(17)10-6-9(19-2)13(18)20-10/h4-5,7,9-10,13,18H,3,6H2,1-2H3,(H,14,17). The van der Waals surface area contributed by atoms with E-state index in [1.54, 1.807) is 12.3 Å². The highest BCUT2D eigenvalue weighted by molar-refractivity contribution is 8.01. The molecule has 0 saturated carbocycles. The van der Waals surface area contributed by atoms with Gasteiger partial charge in [0.25, 0.3) is 5.56 Å². The summed E-state index contributed by atoms with van der Waals surface area (Å²) in [5.41, 5.74) is -0.205. The number of hydrogen-bond donors (Lipinski definition) is 2. The van der Waals surface area contributed by atoms with E-state index in [-0.39, 0.29) is 22.8 Å². The fourth-order valence-electron chi connectivity index (χ4n) is 2.10. The number of ether oxygens (including phenoxy) is 1. The minimum absolute atomic E-state index is 0.101. The van der Waals surface area contributed by atoms with Crippen molar-refractivity contribution in [2.75, 3.05) is 12.4 Å². The van der Waals surface area contributed by atoms with E-state index in [0.717, 1.165) is 0 Å². The molecule has 7 heteroatoms. The lowest BCUT2D eigenvalue weighted by molar-refractivity contribution is -0.116. The van der Waals surface area contributed by atoms with Gasteiger partial charge in [0.2, 0.25) is 5.91 Å². The van der Waals surface area contributed by atoms with Gasteiger partial charge in [0.05, 0.1) is 17.0 Å². The Morgan fingerprint density at radius 2 is 2.35 bits per heavy atom. The van der Waals surface area contributed by atoms with E-state index in [4.69, 9.17) is 4.74 Å². The number of nitrogens with zero attached hydrogens (tertiary/aromatic N) is 1. The first-order valence-corrected chi connectivity index (χ1v) is 7.37. The first-order valence-electron chi connectivity index (χ1n) is 6.42. The van der Waals surface area contributed by atoms with Crippen molar-refractivity contribution in [1.82, 2.24) is 4.57 Å². The molecule has 2 N–H and O–H groups in total. The summed E-state index contributed by atoms with van der Waals surface area (Å²) in [5, 5.41) is 12.1. The summed E-state index contributed by atoms with van der Waals surface area (Å²) < 4.78 is 6.63. The molecule has 0 aromatic carbocycles. The number of thioether (sulfide) groups is 1. The van der Waals surface area contributed by atoms with Crippen LogP contribution in [-0.2, 0) is 16.1 Å². The van der Waals surface area contributed by atoms with Gasteiger partial charge in [-0.3, -0.25) is 9.59 Å². The Balaban J connectivity index is 2.03. The molecule has 1 amide bonds. The van der Waals surface area contributed by atoms with Gasteiger partial charge in [-0.1, -0.05) is 0 Å². The lowest BCUT2D eigenvalue weighted by Gasteiger charge is -2.11. The number of rotatable bonds is 4. The Kier molecular flexibility index (Phi) is 4.85. The predicted octanol–water partition coefficient (Wildman–Crippen LogP) is 0.646. The van der Waals surface area contributed by atoms with Crippen molar-refractivity contribution in [2.45, 2.75) is 36.7 Å². The van der Waals surface area contributed by atoms with Gasteiger partial charge in [0.15, 0.2) is 0 Å². The molecule has 1 aliphatic rings. The summed E-state index contributed by atoms with van der Waals surface area (Å²) >= 11 is 1.19. The molecule has 6 nitrogen and oxygen atoms in total. The molecule has 110 valence electrons. The number of aryl methyl sites for hydroxylation is 1. The Morgan fingerprint density at radius 3 is 2.95 bits per heavy atom. The lowest BCUT2D eigenvalue weighted by Crippen LogP contribution is -2.26. The third kappa shape index (κ3) is 3.23. The molecule has 1 aliphatic heterocycles. The largest absolute Gasteiger partial charge is 0.380 e. The highest BCUT2D eigenvalue weighted by atomic mass is 32.2. The van der Waals surface area contributed by atoms with Crippen LogP contribution in [0.4, 0.5) is 5.69 Å². The van der Waals surface area contributed by atoms with Crippen LogP contribution in [0.2, 0.25) is 0 Å². The normalized spacial score (nSPS) is 25.6. The summed E-state index contributed by atoms with van der Waals surface area (Å²) in [7, 11) is 1.52. The Morgan fingerprint density at radius 1 is 1.60 bits per heavy atom. The maximum absolute atomic E-state index is 12.1. The summed E-state index contributed by atoms with van der Waals surface area (Å²) in [6.07, 6.45) is 1.77. The molecule has 0 aliphatic carbocycles. The highest BCUT2D eigenvalue weighted by Crippen LogP contribution is 2.34. The number of hydrogen-bond acceptors (Lipinski definition) is 5. The molecule has 2 rings (SSSR count). The van der Waals surface area contributed by atoms with Gasteiger partial charge in [-0.15, -0.1) is 11.8 Å². The van der Waals surface area contributed by atoms with E-state index in [1.165, 1.54) is 29.5 Å². The van der Waals surface area contributed by atoms with Crippen LogP contribution >= 0.6 is 11.8 Å². The predicted molar refractivity (Wildman–Crippen MR) is 77.8 cm³/mol. The van der Waals surface area contributed by atoms with Crippen molar-refractivity contribution in [3.8, 4) is 0 Å². The van der Waals surface area contributed by atoms with Gasteiger partial charge < -0.3 is 19.7 Å².